The zero-order valence-electron chi connectivity index (χ0n) is 13.4. The van der Waals surface area contributed by atoms with Crippen molar-refractivity contribution < 1.29 is 23.1 Å². The van der Waals surface area contributed by atoms with Gasteiger partial charge in [-0.1, -0.05) is 11.6 Å². The Labute approximate surface area is 147 Å². The third-order valence-electron chi connectivity index (χ3n) is 3.73. The molecular weight excluding hydrogens is 349 g/mol. The molecule has 0 unspecified atom stereocenters. The molecule has 7 heteroatoms. The SMILES string of the molecule is COC(=O)c1cc(NC(=O)c2oc3ccc(F)cc3c2C)ccc1Cl. The van der Waals surface area contributed by atoms with Crippen molar-refractivity contribution in [3.8, 4) is 0 Å². The summed E-state index contributed by atoms with van der Waals surface area (Å²) in [7, 11) is 1.24. The van der Waals surface area contributed by atoms with Gasteiger partial charge in [0.15, 0.2) is 5.76 Å². The van der Waals surface area contributed by atoms with Gasteiger partial charge in [0.1, 0.15) is 11.4 Å². The minimum absolute atomic E-state index is 0.0650. The third-order valence-corrected chi connectivity index (χ3v) is 4.06. The molecule has 1 amide bonds. The molecule has 3 rings (SSSR count). The number of anilines is 1. The number of hydrogen-bond donors (Lipinski definition) is 1. The molecule has 2 aromatic carbocycles. The van der Waals surface area contributed by atoms with E-state index in [-0.39, 0.29) is 16.3 Å². The van der Waals surface area contributed by atoms with Gasteiger partial charge in [-0.05, 0) is 43.3 Å². The number of rotatable bonds is 3. The molecule has 0 saturated carbocycles. The van der Waals surface area contributed by atoms with Crippen LogP contribution >= 0.6 is 11.6 Å². The second-order valence-electron chi connectivity index (χ2n) is 5.34. The molecule has 0 bridgehead atoms. The number of methoxy groups -OCH3 is 1. The normalized spacial score (nSPS) is 10.7. The van der Waals surface area contributed by atoms with Gasteiger partial charge in [0.25, 0.3) is 5.91 Å². The standard InChI is InChI=1S/C18H13ClFNO4/c1-9-12-7-10(20)3-6-15(12)25-16(9)17(22)21-11-4-5-14(19)13(8-11)18(23)24-2/h3-8H,1-2H3,(H,21,22). The molecule has 0 fully saturated rings. The van der Waals surface area contributed by atoms with Crippen LogP contribution in [0.15, 0.2) is 40.8 Å². The minimum Gasteiger partial charge on any atom is -0.465 e. The van der Waals surface area contributed by atoms with E-state index in [0.29, 0.717) is 22.2 Å². The van der Waals surface area contributed by atoms with E-state index in [1.54, 1.807) is 13.0 Å². The second kappa shape index (κ2) is 6.57. The van der Waals surface area contributed by atoms with Crippen LogP contribution in [0.3, 0.4) is 0 Å². The summed E-state index contributed by atoms with van der Waals surface area (Å²) in [5.74, 6) is -1.48. The van der Waals surface area contributed by atoms with Crippen molar-refractivity contribution >= 4 is 40.1 Å². The highest BCUT2D eigenvalue weighted by molar-refractivity contribution is 6.33. The minimum atomic E-state index is -0.614. The van der Waals surface area contributed by atoms with E-state index in [1.807, 2.05) is 0 Å². The van der Waals surface area contributed by atoms with E-state index >= 15 is 0 Å². The smallest absolute Gasteiger partial charge is 0.339 e. The van der Waals surface area contributed by atoms with Crippen LogP contribution in [-0.2, 0) is 4.74 Å². The van der Waals surface area contributed by atoms with Gasteiger partial charge >= 0.3 is 5.97 Å². The number of fused-ring (bicyclic) bond motifs is 1. The van der Waals surface area contributed by atoms with E-state index in [9.17, 15) is 14.0 Å². The quantitative estimate of drug-likeness (QED) is 0.694. The van der Waals surface area contributed by atoms with E-state index < -0.39 is 17.7 Å². The maximum Gasteiger partial charge on any atom is 0.339 e. The summed E-state index contributed by atoms with van der Waals surface area (Å²) in [6.45, 7) is 1.67. The molecule has 0 aliphatic rings. The molecule has 0 aliphatic carbocycles. The first kappa shape index (κ1) is 17.0. The predicted molar refractivity (Wildman–Crippen MR) is 91.7 cm³/mol. The van der Waals surface area contributed by atoms with Crippen molar-refractivity contribution in [2.45, 2.75) is 6.92 Å². The average molecular weight is 362 g/mol. The first-order chi connectivity index (χ1) is 11.9. The van der Waals surface area contributed by atoms with Gasteiger partial charge < -0.3 is 14.5 Å². The van der Waals surface area contributed by atoms with Gasteiger partial charge in [-0.3, -0.25) is 4.79 Å². The molecule has 128 valence electrons. The summed E-state index contributed by atoms with van der Waals surface area (Å²) in [4.78, 5) is 24.1. The number of carbonyl (C=O) groups is 2. The Morgan fingerprint density at radius 2 is 1.96 bits per heavy atom. The summed E-state index contributed by atoms with van der Waals surface area (Å²) >= 11 is 5.95. The number of amides is 1. The molecule has 0 aliphatic heterocycles. The summed E-state index contributed by atoms with van der Waals surface area (Å²) < 4.78 is 23.5. The Bertz CT molecular complexity index is 996. The Morgan fingerprint density at radius 3 is 2.68 bits per heavy atom. The largest absolute Gasteiger partial charge is 0.465 e. The van der Waals surface area contributed by atoms with Crippen LogP contribution in [0.1, 0.15) is 26.5 Å². The number of furan rings is 1. The Morgan fingerprint density at radius 1 is 1.20 bits per heavy atom. The highest BCUT2D eigenvalue weighted by Crippen LogP contribution is 2.27. The fourth-order valence-corrected chi connectivity index (χ4v) is 2.66. The lowest BCUT2D eigenvalue weighted by Crippen LogP contribution is -2.13. The summed E-state index contributed by atoms with van der Waals surface area (Å²) in [6, 6.07) is 8.46. The van der Waals surface area contributed by atoms with Crippen LogP contribution in [0.4, 0.5) is 10.1 Å². The van der Waals surface area contributed by atoms with Crippen LogP contribution in [0.2, 0.25) is 5.02 Å². The van der Waals surface area contributed by atoms with Crippen molar-refractivity contribution in [2.24, 2.45) is 0 Å². The zero-order chi connectivity index (χ0) is 18.1. The number of halogens is 2. The average Bonchev–Trinajstić information content (AvgIpc) is 2.92. The van der Waals surface area contributed by atoms with Gasteiger partial charge in [0.05, 0.1) is 17.7 Å². The van der Waals surface area contributed by atoms with Crippen molar-refractivity contribution in [3.63, 3.8) is 0 Å². The van der Waals surface area contributed by atoms with Crippen molar-refractivity contribution in [1.82, 2.24) is 0 Å². The molecule has 1 heterocycles. The molecule has 1 aromatic heterocycles. The van der Waals surface area contributed by atoms with Gasteiger partial charge in [-0.15, -0.1) is 0 Å². The lowest BCUT2D eigenvalue weighted by Gasteiger charge is -2.07. The fourth-order valence-electron chi connectivity index (χ4n) is 2.47. The molecule has 25 heavy (non-hydrogen) atoms. The molecule has 5 nitrogen and oxygen atoms in total. The number of hydrogen-bond acceptors (Lipinski definition) is 4. The highest BCUT2D eigenvalue weighted by atomic mass is 35.5. The monoisotopic (exact) mass is 361 g/mol. The molecule has 0 spiro atoms. The summed E-state index contributed by atoms with van der Waals surface area (Å²) in [5, 5.41) is 3.36. The topological polar surface area (TPSA) is 68.5 Å². The van der Waals surface area contributed by atoms with Gasteiger partial charge in [0, 0.05) is 16.6 Å². The van der Waals surface area contributed by atoms with E-state index in [4.69, 9.17) is 16.0 Å². The number of esters is 1. The number of carbonyl (C=O) groups excluding carboxylic acids is 2. The third kappa shape index (κ3) is 3.21. The number of aryl methyl sites for hydroxylation is 1. The summed E-state index contributed by atoms with van der Waals surface area (Å²) in [5.41, 5.74) is 1.41. The summed E-state index contributed by atoms with van der Waals surface area (Å²) in [6.07, 6.45) is 0. The molecule has 1 N–H and O–H groups in total. The van der Waals surface area contributed by atoms with Crippen LogP contribution in [0.5, 0.6) is 0 Å². The number of nitrogens with one attached hydrogen (secondary N) is 1. The van der Waals surface area contributed by atoms with Crippen LogP contribution in [0.25, 0.3) is 11.0 Å². The van der Waals surface area contributed by atoms with Gasteiger partial charge in [-0.2, -0.15) is 0 Å². The van der Waals surface area contributed by atoms with Crippen molar-refractivity contribution in [3.05, 3.63) is 64.1 Å². The van der Waals surface area contributed by atoms with Crippen molar-refractivity contribution in [1.29, 1.82) is 0 Å². The molecule has 0 atom stereocenters. The van der Waals surface area contributed by atoms with E-state index in [0.717, 1.165) is 0 Å². The highest BCUT2D eigenvalue weighted by Gasteiger charge is 2.19. The first-order valence-corrected chi connectivity index (χ1v) is 7.66. The molecular formula is C18H13ClFNO4. The first-order valence-electron chi connectivity index (χ1n) is 7.28. The van der Waals surface area contributed by atoms with E-state index in [2.05, 4.69) is 10.1 Å². The Hall–Kier alpha value is -2.86. The lowest BCUT2D eigenvalue weighted by atomic mass is 10.1. The van der Waals surface area contributed by atoms with Gasteiger partial charge in [-0.25, -0.2) is 9.18 Å². The van der Waals surface area contributed by atoms with Crippen LogP contribution in [0, 0.1) is 12.7 Å². The van der Waals surface area contributed by atoms with Gasteiger partial charge in [0.2, 0.25) is 0 Å². The number of benzene rings is 2. The maximum atomic E-state index is 13.4. The number of ether oxygens (including phenoxy) is 1. The Balaban J connectivity index is 1.93. The molecule has 0 saturated heterocycles. The van der Waals surface area contributed by atoms with E-state index in [1.165, 1.54) is 37.4 Å². The molecule has 0 radical (unpaired) electrons. The zero-order valence-corrected chi connectivity index (χ0v) is 14.1. The van der Waals surface area contributed by atoms with Crippen LogP contribution in [-0.4, -0.2) is 19.0 Å². The second-order valence-corrected chi connectivity index (χ2v) is 5.74. The maximum absolute atomic E-state index is 13.4. The fraction of sp³-hybridized carbons (Fsp3) is 0.111. The Kier molecular flexibility index (Phi) is 4.46. The lowest BCUT2D eigenvalue weighted by molar-refractivity contribution is 0.0600. The van der Waals surface area contributed by atoms with Crippen LogP contribution < -0.4 is 5.32 Å². The van der Waals surface area contributed by atoms with Crippen molar-refractivity contribution in [2.75, 3.05) is 12.4 Å². The predicted octanol–water partition coefficient (Wildman–Crippen LogP) is 4.57. The molecule has 3 aromatic rings.